The highest BCUT2D eigenvalue weighted by atomic mass is 16.2. The number of likely N-dealkylation sites (tertiary alicyclic amines) is 1. The Labute approximate surface area is 136 Å². The summed E-state index contributed by atoms with van der Waals surface area (Å²) in [7, 11) is 0. The molecule has 1 N–H and O–H groups in total. The van der Waals surface area contributed by atoms with Crippen molar-refractivity contribution >= 4 is 11.7 Å². The normalized spacial score (nSPS) is 15.7. The van der Waals surface area contributed by atoms with Gasteiger partial charge < -0.3 is 10.2 Å². The van der Waals surface area contributed by atoms with Crippen LogP contribution in [0.3, 0.4) is 0 Å². The molecule has 1 fully saturated rings. The first-order valence-corrected chi connectivity index (χ1v) is 7.92. The summed E-state index contributed by atoms with van der Waals surface area (Å²) in [4.78, 5) is 26.7. The maximum atomic E-state index is 11.7. The number of aryl methyl sites for hydroxylation is 1. The Morgan fingerprint density at radius 2 is 2.09 bits per heavy atom. The van der Waals surface area contributed by atoms with E-state index >= 15 is 0 Å². The second-order valence-electron chi connectivity index (χ2n) is 5.94. The molecule has 3 rings (SSSR count). The molecule has 0 bridgehead atoms. The Hall–Kier alpha value is -2.50. The van der Waals surface area contributed by atoms with Crippen molar-refractivity contribution < 1.29 is 4.79 Å². The van der Waals surface area contributed by atoms with E-state index in [9.17, 15) is 4.79 Å². The minimum Gasteiger partial charge on any atom is -0.366 e. The van der Waals surface area contributed by atoms with Gasteiger partial charge in [0.05, 0.1) is 0 Å². The van der Waals surface area contributed by atoms with Gasteiger partial charge >= 0.3 is 0 Å². The second-order valence-corrected chi connectivity index (χ2v) is 5.94. The molecule has 1 amide bonds. The van der Waals surface area contributed by atoms with E-state index < -0.39 is 0 Å². The third kappa shape index (κ3) is 3.83. The van der Waals surface area contributed by atoms with Crippen LogP contribution in [0.2, 0.25) is 0 Å². The highest BCUT2D eigenvalue weighted by Gasteiger charge is 2.21. The van der Waals surface area contributed by atoms with Gasteiger partial charge in [0.1, 0.15) is 5.82 Å². The fourth-order valence-electron chi connectivity index (χ4n) is 2.80. The van der Waals surface area contributed by atoms with Gasteiger partial charge in [0, 0.05) is 55.3 Å². The van der Waals surface area contributed by atoms with E-state index in [-0.39, 0.29) is 11.9 Å². The van der Waals surface area contributed by atoms with Crippen molar-refractivity contribution in [2.45, 2.75) is 32.7 Å². The zero-order valence-corrected chi connectivity index (χ0v) is 13.5. The molecule has 1 saturated heterocycles. The molecule has 6 nitrogen and oxygen atoms in total. The van der Waals surface area contributed by atoms with Crippen LogP contribution in [0.1, 0.15) is 25.5 Å². The quantitative estimate of drug-likeness (QED) is 0.917. The third-order valence-electron chi connectivity index (χ3n) is 3.85. The molecule has 0 aromatic carbocycles. The number of anilines is 1. The Morgan fingerprint density at radius 1 is 1.30 bits per heavy atom. The van der Waals surface area contributed by atoms with E-state index in [4.69, 9.17) is 0 Å². The van der Waals surface area contributed by atoms with Gasteiger partial charge in [0.25, 0.3) is 0 Å². The van der Waals surface area contributed by atoms with Gasteiger partial charge in [-0.05, 0) is 32.4 Å². The fraction of sp³-hybridized carbons (Fsp3) is 0.412. The Balaban J connectivity index is 1.72. The Bertz CT molecular complexity index is 689. The van der Waals surface area contributed by atoms with Gasteiger partial charge in [-0.25, -0.2) is 9.97 Å². The number of carbonyl (C=O) groups is 1. The number of aromatic nitrogens is 3. The molecular formula is C17H21N5O. The van der Waals surface area contributed by atoms with Crippen LogP contribution in [0.4, 0.5) is 5.82 Å². The highest BCUT2D eigenvalue weighted by molar-refractivity contribution is 5.78. The maximum Gasteiger partial charge on any atom is 0.222 e. The molecule has 1 aliphatic heterocycles. The topological polar surface area (TPSA) is 71.0 Å². The molecule has 6 heteroatoms. The first-order valence-electron chi connectivity index (χ1n) is 7.92. The zero-order chi connectivity index (χ0) is 16.2. The fourth-order valence-corrected chi connectivity index (χ4v) is 2.80. The minimum absolute atomic E-state index is 0.136. The van der Waals surface area contributed by atoms with Crippen molar-refractivity contribution in [3.63, 3.8) is 0 Å². The van der Waals surface area contributed by atoms with Crippen LogP contribution >= 0.6 is 0 Å². The van der Waals surface area contributed by atoms with Crippen molar-refractivity contribution in [2.24, 2.45) is 0 Å². The molecule has 0 aliphatic carbocycles. The molecule has 23 heavy (non-hydrogen) atoms. The van der Waals surface area contributed by atoms with Gasteiger partial charge in [-0.1, -0.05) is 0 Å². The second kappa shape index (κ2) is 6.73. The molecule has 0 saturated carbocycles. The lowest BCUT2D eigenvalue weighted by Gasteiger charge is -2.22. The van der Waals surface area contributed by atoms with Crippen LogP contribution < -0.4 is 5.32 Å². The number of hydrogen-bond donors (Lipinski definition) is 1. The summed E-state index contributed by atoms with van der Waals surface area (Å²) in [5.74, 6) is 1.71. The maximum absolute atomic E-state index is 11.7. The predicted octanol–water partition coefficient (Wildman–Crippen LogP) is 2.27. The van der Waals surface area contributed by atoms with Crippen molar-refractivity contribution in [2.75, 3.05) is 18.4 Å². The van der Waals surface area contributed by atoms with E-state index in [1.54, 1.807) is 12.4 Å². The number of nitrogens with one attached hydrogen (secondary N) is 1. The summed E-state index contributed by atoms with van der Waals surface area (Å²) in [5.41, 5.74) is 1.84. The van der Waals surface area contributed by atoms with Crippen LogP contribution in [0.25, 0.3) is 11.4 Å². The number of pyridine rings is 1. The van der Waals surface area contributed by atoms with E-state index in [0.717, 1.165) is 30.0 Å². The number of amides is 1. The van der Waals surface area contributed by atoms with Crippen molar-refractivity contribution in [3.8, 4) is 11.4 Å². The average molecular weight is 311 g/mol. The van der Waals surface area contributed by atoms with Crippen LogP contribution in [0.5, 0.6) is 0 Å². The van der Waals surface area contributed by atoms with Gasteiger partial charge in [-0.2, -0.15) is 0 Å². The molecule has 2 aromatic heterocycles. The SMILES string of the molecule is Cc1cc(NC(C)CN2CCCC2=O)nc(-c2ccncc2)n1. The molecule has 0 spiro atoms. The third-order valence-corrected chi connectivity index (χ3v) is 3.85. The number of carbonyl (C=O) groups excluding carboxylic acids is 1. The lowest BCUT2D eigenvalue weighted by atomic mass is 10.2. The molecule has 2 aromatic rings. The van der Waals surface area contributed by atoms with Crippen molar-refractivity contribution in [1.29, 1.82) is 0 Å². The summed E-state index contributed by atoms with van der Waals surface area (Å²) in [6, 6.07) is 5.85. The summed E-state index contributed by atoms with van der Waals surface area (Å²) >= 11 is 0. The lowest BCUT2D eigenvalue weighted by molar-refractivity contribution is -0.127. The number of hydrogen-bond acceptors (Lipinski definition) is 5. The molecule has 0 radical (unpaired) electrons. The van der Waals surface area contributed by atoms with Gasteiger partial charge in [-0.3, -0.25) is 9.78 Å². The Morgan fingerprint density at radius 3 is 2.78 bits per heavy atom. The molecule has 1 aliphatic rings. The van der Waals surface area contributed by atoms with Crippen LogP contribution in [-0.4, -0.2) is 44.9 Å². The summed E-state index contributed by atoms with van der Waals surface area (Å²) < 4.78 is 0. The van der Waals surface area contributed by atoms with Crippen LogP contribution in [0.15, 0.2) is 30.6 Å². The lowest BCUT2D eigenvalue weighted by Crippen LogP contribution is -2.35. The van der Waals surface area contributed by atoms with Gasteiger partial charge in [-0.15, -0.1) is 0 Å². The van der Waals surface area contributed by atoms with Gasteiger partial charge in [0.2, 0.25) is 5.91 Å². The molecule has 1 unspecified atom stereocenters. The number of nitrogens with zero attached hydrogens (tertiary/aromatic N) is 4. The first-order chi connectivity index (χ1) is 11.1. The molecule has 3 heterocycles. The number of rotatable bonds is 5. The van der Waals surface area contributed by atoms with E-state index in [1.807, 2.05) is 30.0 Å². The minimum atomic E-state index is 0.136. The van der Waals surface area contributed by atoms with Crippen LogP contribution in [0, 0.1) is 6.92 Å². The summed E-state index contributed by atoms with van der Waals surface area (Å²) in [6.07, 6.45) is 5.10. The summed E-state index contributed by atoms with van der Waals surface area (Å²) in [5, 5.41) is 3.38. The standard InChI is InChI=1S/C17H21N5O/c1-12-10-15(19-13(2)11-22-9-3-4-16(22)23)21-17(20-12)14-5-7-18-8-6-14/h5-8,10,13H,3-4,9,11H2,1-2H3,(H,19,20,21). The van der Waals surface area contributed by atoms with Crippen molar-refractivity contribution in [1.82, 2.24) is 19.9 Å². The van der Waals surface area contributed by atoms with E-state index in [2.05, 4.69) is 27.2 Å². The van der Waals surface area contributed by atoms with Crippen molar-refractivity contribution in [3.05, 3.63) is 36.3 Å². The largest absolute Gasteiger partial charge is 0.366 e. The van der Waals surface area contributed by atoms with Crippen LogP contribution in [-0.2, 0) is 4.79 Å². The monoisotopic (exact) mass is 311 g/mol. The first kappa shape index (κ1) is 15.4. The molecular weight excluding hydrogens is 290 g/mol. The van der Waals surface area contributed by atoms with Gasteiger partial charge in [0.15, 0.2) is 5.82 Å². The van der Waals surface area contributed by atoms with E-state index in [0.29, 0.717) is 18.8 Å². The highest BCUT2D eigenvalue weighted by Crippen LogP contribution is 2.18. The molecule has 120 valence electrons. The average Bonchev–Trinajstić information content (AvgIpc) is 2.92. The Kier molecular flexibility index (Phi) is 4.50. The predicted molar refractivity (Wildman–Crippen MR) is 88.9 cm³/mol. The van der Waals surface area contributed by atoms with E-state index in [1.165, 1.54) is 0 Å². The summed E-state index contributed by atoms with van der Waals surface area (Å²) in [6.45, 7) is 5.57. The molecule has 1 atom stereocenters. The zero-order valence-electron chi connectivity index (χ0n) is 13.5. The smallest absolute Gasteiger partial charge is 0.222 e.